The summed E-state index contributed by atoms with van der Waals surface area (Å²) in [6.07, 6.45) is 12.8. The molecule has 34 heavy (non-hydrogen) atoms. The molecule has 0 saturated carbocycles. The molecule has 1 aliphatic rings. The van der Waals surface area contributed by atoms with Crippen LogP contribution >= 0.6 is 0 Å². The Balaban J connectivity index is 0.00000199. The summed E-state index contributed by atoms with van der Waals surface area (Å²) in [6, 6.07) is 9.88. The maximum Gasteiger partial charge on any atom is 0.337 e. The van der Waals surface area contributed by atoms with Crippen LogP contribution in [0.4, 0.5) is 5.82 Å². The Hall–Kier alpha value is -3.86. The van der Waals surface area contributed by atoms with E-state index in [4.69, 9.17) is 5.10 Å². The van der Waals surface area contributed by atoms with E-state index in [1.54, 1.807) is 6.08 Å². The van der Waals surface area contributed by atoms with E-state index >= 15 is 0 Å². The molecule has 0 fully saturated rings. The summed E-state index contributed by atoms with van der Waals surface area (Å²) in [4.78, 5) is 11.7. The normalized spacial score (nSPS) is 13.1. The fourth-order valence-electron chi connectivity index (χ4n) is 3.21. The van der Waals surface area contributed by atoms with E-state index in [-0.39, 0.29) is 5.57 Å². The third-order valence-corrected chi connectivity index (χ3v) is 5.06. The third-order valence-electron chi connectivity index (χ3n) is 5.06. The minimum absolute atomic E-state index is 0.0197. The molecule has 0 amide bonds. The number of hydrogen-bond donors (Lipinski definition) is 2. The number of allylic oxidation sites excluding steroid dienone is 9. The standard InChI is InChI=1S/C27H29N3O2.C2H6/c1-18(2)13-16-23(21(5)27(31)32)28-26-17-24(22-11-8-9-19(3)14-15-22)29-30(26)25-12-7-6-10-20(25)4;1-2/h6-8,10-17,28H,5,9H2,1-4H3,(H,31,32);1-2H3/b23-16+;. The highest BCUT2D eigenvalue weighted by Crippen LogP contribution is 2.28. The van der Waals surface area contributed by atoms with Gasteiger partial charge in [-0.25, -0.2) is 9.48 Å². The first kappa shape index (κ1) is 26.4. The Bertz CT molecular complexity index is 1200. The quantitative estimate of drug-likeness (QED) is 0.336. The van der Waals surface area contributed by atoms with Crippen LogP contribution in [0.2, 0.25) is 0 Å². The number of carbonyl (C=O) groups is 1. The molecule has 2 aromatic rings. The van der Waals surface area contributed by atoms with Crippen molar-refractivity contribution in [3.05, 3.63) is 107 Å². The van der Waals surface area contributed by atoms with Crippen molar-refractivity contribution in [2.45, 2.75) is 48.0 Å². The molecule has 0 bridgehead atoms. The number of nitrogens with one attached hydrogen (secondary N) is 1. The van der Waals surface area contributed by atoms with Crippen LogP contribution in [0.25, 0.3) is 11.3 Å². The largest absolute Gasteiger partial charge is 0.478 e. The zero-order valence-corrected chi connectivity index (χ0v) is 21.0. The van der Waals surface area contributed by atoms with Gasteiger partial charge in [-0.15, -0.1) is 0 Å². The lowest BCUT2D eigenvalue weighted by Gasteiger charge is -2.14. The molecule has 3 rings (SSSR count). The minimum atomic E-state index is -1.08. The molecule has 0 aliphatic heterocycles. The van der Waals surface area contributed by atoms with Crippen molar-refractivity contribution in [3.63, 3.8) is 0 Å². The van der Waals surface area contributed by atoms with E-state index in [0.717, 1.165) is 34.5 Å². The minimum Gasteiger partial charge on any atom is -0.478 e. The number of aliphatic carboxylic acids is 1. The summed E-state index contributed by atoms with van der Waals surface area (Å²) in [6.45, 7) is 15.8. The molecular formula is C29H35N3O2. The number of benzene rings is 1. The average molecular weight is 458 g/mol. The van der Waals surface area contributed by atoms with Crippen molar-refractivity contribution in [2.75, 3.05) is 5.32 Å². The number of rotatable bonds is 7. The first-order chi connectivity index (χ1) is 16.3. The Labute approximate surface area is 203 Å². The van der Waals surface area contributed by atoms with Gasteiger partial charge in [-0.1, -0.05) is 80.2 Å². The summed E-state index contributed by atoms with van der Waals surface area (Å²) in [5, 5.41) is 17.7. The summed E-state index contributed by atoms with van der Waals surface area (Å²) in [5.41, 5.74) is 6.45. The number of para-hydroxylation sites is 1. The predicted molar refractivity (Wildman–Crippen MR) is 143 cm³/mol. The molecule has 5 heteroatoms. The number of aromatic nitrogens is 2. The molecule has 0 atom stereocenters. The van der Waals surface area contributed by atoms with Gasteiger partial charge in [0, 0.05) is 11.6 Å². The summed E-state index contributed by atoms with van der Waals surface area (Å²) in [5.74, 6) is -0.424. The Morgan fingerprint density at radius 3 is 2.50 bits per heavy atom. The molecule has 2 N–H and O–H groups in total. The maximum absolute atomic E-state index is 11.7. The maximum atomic E-state index is 11.7. The number of carboxylic acids is 1. The number of anilines is 1. The van der Waals surface area contributed by atoms with Gasteiger partial charge >= 0.3 is 5.97 Å². The molecule has 1 aliphatic carbocycles. The van der Waals surface area contributed by atoms with Gasteiger partial charge in [-0.05, 0) is 51.8 Å². The average Bonchev–Trinajstić information content (AvgIpc) is 3.10. The van der Waals surface area contributed by atoms with Gasteiger partial charge in [-0.3, -0.25) is 0 Å². The van der Waals surface area contributed by atoms with Gasteiger partial charge in [0.05, 0.1) is 22.7 Å². The topological polar surface area (TPSA) is 67.2 Å². The van der Waals surface area contributed by atoms with Crippen LogP contribution in [-0.4, -0.2) is 20.9 Å². The van der Waals surface area contributed by atoms with Gasteiger partial charge < -0.3 is 10.4 Å². The van der Waals surface area contributed by atoms with Crippen LogP contribution in [-0.2, 0) is 4.79 Å². The highest BCUT2D eigenvalue weighted by molar-refractivity contribution is 5.92. The lowest BCUT2D eigenvalue weighted by Crippen LogP contribution is -2.12. The van der Waals surface area contributed by atoms with Gasteiger partial charge in [-0.2, -0.15) is 5.10 Å². The highest BCUT2D eigenvalue weighted by atomic mass is 16.4. The molecule has 0 radical (unpaired) electrons. The van der Waals surface area contributed by atoms with Crippen molar-refractivity contribution < 1.29 is 9.90 Å². The van der Waals surface area contributed by atoms with Crippen LogP contribution < -0.4 is 5.32 Å². The molecule has 1 heterocycles. The van der Waals surface area contributed by atoms with Crippen LogP contribution in [0.3, 0.4) is 0 Å². The van der Waals surface area contributed by atoms with Crippen molar-refractivity contribution in [1.82, 2.24) is 9.78 Å². The summed E-state index contributed by atoms with van der Waals surface area (Å²) >= 11 is 0. The fourth-order valence-corrected chi connectivity index (χ4v) is 3.21. The number of carboxylic acid groups (broad SMARTS) is 1. The van der Waals surface area contributed by atoms with Gasteiger partial charge in [0.1, 0.15) is 5.82 Å². The summed E-state index contributed by atoms with van der Waals surface area (Å²) in [7, 11) is 0. The van der Waals surface area contributed by atoms with E-state index < -0.39 is 5.97 Å². The monoisotopic (exact) mass is 457 g/mol. The van der Waals surface area contributed by atoms with Gasteiger partial charge in [0.15, 0.2) is 0 Å². The second-order valence-corrected chi connectivity index (χ2v) is 8.09. The first-order valence-electron chi connectivity index (χ1n) is 11.5. The molecular weight excluding hydrogens is 422 g/mol. The third kappa shape index (κ3) is 6.82. The molecule has 1 aromatic carbocycles. The molecule has 0 spiro atoms. The molecule has 0 saturated heterocycles. The van der Waals surface area contributed by atoms with Crippen LogP contribution in [0.15, 0.2) is 95.8 Å². The second-order valence-electron chi connectivity index (χ2n) is 8.09. The van der Waals surface area contributed by atoms with Gasteiger partial charge in [0.25, 0.3) is 0 Å². The van der Waals surface area contributed by atoms with Crippen LogP contribution in [0.5, 0.6) is 0 Å². The van der Waals surface area contributed by atoms with Crippen molar-refractivity contribution in [2.24, 2.45) is 0 Å². The molecule has 1 aromatic heterocycles. The van der Waals surface area contributed by atoms with E-state index in [2.05, 4.69) is 43.1 Å². The van der Waals surface area contributed by atoms with Crippen LogP contribution in [0.1, 0.15) is 52.3 Å². The van der Waals surface area contributed by atoms with E-state index in [1.807, 2.05) is 75.7 Å². The van der Waals surface area contributed by atoms with E-state index in [9.17, 15) is 9.90 Å². The lowest BCUT2D eigenvalue weighted by atomic mass is 10.1. The highest BCUT2D eigenvalue weighted by Gasteiger charge is 2.17. The Morgan fingerprint density at radius 2 is 1.85 bits per heavy atom. The Kier molecular flexibility index (Phi) is 9.62. The number of hydrogen-bond acceptors (Lipinski definition) is 3. The van der Waals surface area contributed by atoms with Crippen LogP contribution in [0, 0.1) is 6.92 Å². The molecule has 0 unspecified atom stereocenters. The zero-order valence-electron chi connectivity index (χ0n) is 21.0. The number of aryl methyl sites for hydroxylation is 1. The molecule has 5 nitrogen and oxygen atoms in total. The zero-order chi connectivity index (χ0) is 25.3. The number of nitrogens with zero attached hydrogens (tertiary/aromatic N) is 2. The smallest absolute Gasteiger partial charge is 0.337 e. The summed E-state index contributed by atoms with van der Waals surface area (Å²) < 4.78 is 1.81. The lowest BCUT2D eigenvalue weighted by molar-refractivity contribution is -0.132. The van der Waals surface area contributed by atoms with Crippen molar-refractivity contribution in [3.8, 4) is 5.69 Å². The predicted octanol–water partition coefficient (Wildman–Crippen LogP) is 7.40. The first-order valence-corrected chi connectivity index (χ1v) is 11.5. The molecule has 178 valence electrons. The SMILES string of the molecule is C=C(C(=O)O)/C(=C\C=C(C)C)Nc1cc(C2=CC=C(C)CC=C2)nn1-c1ccccc1C.CC. The Morgan fingerprint density at radius 1 is 1.15 bits per heavy atom. The van der Waals surface area contributed by atoms with Crippen molar-refractivity contribution >= 4 is 17.4 Å². The van der Waals surface area contributed by atoms with Crippen molar-refractivity contribution in [1.29, 1.82) is 0 Å². The van der Waals surface area contributed by atoms with E-state index in [1.165, 1.54) is 5.57 Å². The fraction of sp³-hybridized carbons (Fsp3) is 0.241. The van der Waals surface area contributed by atoms with E-state index in [0.29, 0.717) is 11.5 Å². The second kappa shape index (κ2) is 12.4. The van der Waals surface area contributed by atoms with Gasteiger partial charge in [0.2, 0.25) is 0 Å².